The predicted molar refractivity (Wildman–Crippen MR) is 262 cm³/mol. The van der Waals surface area contributed by atoms with Crippen LogP contribution in [-0.2, 0) is 37.3 Å². The van der Waals surface area contributed by atoms with Crippen LogP contribution in [-0.4, -0.2) is 85.3 Å². The van der Waals surface area contributed by atoms with E-state index in [2.05, 4.69) is 20.3 Å². The number of rotatable bonds is 26. The second-order valence-electron chi connectivity index (χ2n) is 15.5. The normalized spacial score (nSPS) is 11.3. The molecule has 2 amide bonds. The van der Waals surface area contributed by atoms with Crippen LogP contribution in [0, 0.1) is 34.3 Å². The molecule has 0 unspecified atom stereocenters. The first-order valence-electron chi connectivity index (χ1n) is 22.0. The van der Waals surface area contributed by atoms with E-state index in [1.165, 1.54) is 6.07 Å². The molecule has 0 aliphatic heterocycles. The quantitative estimate of drug-likeness (QED) is 0.0340. The summed E-state index contributed by atoms with van der Waals surface area (Å²) in [5.74, 6) is -0.926. The van der Waals surface area contributed by atoms with E-state index in [0.29, 0.717) is 72.9 Å². The highest BCUT2D eigenvalue weighted by Crippen LogP contribution is 2.48. The number of amides is 2. The van der Waals surface area contributed by atoms with Crippen LogP contribution in [0.1, 0.15) is 35.1 Å². The molecule has 72 heavy (non-hydrogen) atoms. The van der Waals surface area contributed by atoms with Gasteiger partial charge < -0.3 is 43.4 Å². The number of fused-ring (bicyclic) bond motifs is 1. The number of hydrogen-bond donors (Lipinski definition) is 3. The Bertz CT molecular complexity index is 2920. The number of benzene rings is 5. The van der Waals surface area contributed by atoms with Gasteiger partial charge in [-0.25, -0.2) is 31.4 Å². The van der Waals surface area contributed by atoms with Gasteiger partial charge >= 0.3 is 19.8 Å². The summed E-state index contributed by atoms with van der Waals surface area (Å²) in [6, 6.07) is 29.9. The van der Waals surface area contributed by atoms with Crippen LogP contribution in [0.5, 0.6) is 28.7 Å². The summed E-state index contributed by atoms with van der Waals surface area (Å²) in [4.78, 5) is 26.9. The maximum atomic E-state index is 14.5. The molecule has 5 aromatic carbocycles. The molecule has 0 atom stereocenters. The topological polar surface area (TPSA) is 237 Å². The molecule has 23 heteroatoms. The Balaban J connectivity index is 1.04. The number of thiophene rings is 1. The Kier molecular flexibility index (Phi) is 19.5. The van der Waals surface area contributed by atoms with E-state index in [1.807, 2.05) is 0 Å². The first kappa shape index (κ1) is 53.9. The van der Waals surface area contributed by atoms with Gasteiger partial charge in [0.25, 0.3) is 10.0 Å². The van der Waals surface area contributed by atoms with Crippen LogP contribution in [0.2, 0.25) is 0 Å². The van der Waals surface area contributed by atoms with Crippen molar-refractivity contribution in [1.82, 2.24) is 20.3 Å². The Hall–Kier alpha value is -7.46. The maximum absolute atomic E-state index is 14.5. The molecule has 6 rings (SSSR count). The van der Waals surface area contributed by atoms with E-state index < -0.39 is 47.7 Å². The maximum Gasteiger partial charge on any atom is 0.445 e. The molecule has 378 valence electrons. The van der Waals surface area contributed by atoms with Gasteiger partial charge in [-0.3, -0.25) is 4.90 Å². The third kappa shape index (κ3) is 16.3. The van der Waals surface area contributed by atoms with Crippen molar-refractivity contribution in [2.24, 2.45) is 0 Å². The van der Waals surface area contributed by atoms with Gasteiger partial charge in [0, 0.05) is 36.5 Å². The third-order valence-corrected chi connectivity index (χ3v) is 15.1. The fraction of sp³-hybridized carbons (Fsp3) is 0.265. The number of alkyl carbamates (subject to hydrolysis) is 2. The summed E-state index contributed by atoms with van der Waals surface area (Å²) in [6.07, 6.45) is -0.987. The molecule has 0 bridgehead atoms. The van der Waals surface area contributed by atoms with Crippen molar-refractivity contribution in [2.45, 2.75) is 30.3 Å². The van der Waals surface area contributed by atoms with Crippen molar-refractivity contribution in [2.75, 3.05) is 59.8 Å². The Morgan fingerprint density at radius 2 is 1.15 bits per heavy atom. The van der Waals surface area contributed by atoms with Crippen LogP contribution in [0.15, 0.2) is 113 Å². The monoisotopic (exact) mass is 1050 g/mol. The lowest BCUT2D eigenvalue weighted by molar-refractivity contribution is 0.138. The van der Waals surface area contributed by atoms with E-state index in [1.54, 1.807) is 93.1 Å². The average molecular weight is 1050 g/mol. The highest BCUT2D eigenvalue weighted by atomic mass is 32.2. The molecule has 0 spiro atoms. The largest absolute Gasteiger partial charge is 0.497 e. The molecule has 0 saturated heterocycles. The minimum Gasteiger partial charge on any atom is -0.497 e. The fourth-order valence-electron chi connectivity index (χ4n) is 6.60. The lowest BCUT2D eigenvalue weighted by Gasteiger charge is -2.22. The highest BCUT2D eigenvalue weighted by molar-refractivity contribution is 7.92. The predicted octanol–water partition coefficient (Wildman–Crippen LogP) is 8.84. The zero-order valence-electron chi connectivity index (χ0n) is 38.9. The SMILES string of the molecule is COc1ccc(COC(=O)NCCCN(CCCNC(=O)OCc2ccc(OC)cc2)CCOc2ccc3sc(S(=O)(=O)NCP(=O)(Oc4ccc(C#N)c(F)c4)Oc4ccc(C#N)c(F)c4)cc3c2)cc1. The van der Waals surface area contributed by atoms with E-state index in [9.17, 15) is 31.4 Å². The Labute approximate surface area is 418 Å². The molecule has 18 nitrogen and oxygen atoms in total. The van der Waals surface area contributed by atoms with Crippen LogP contribution < -0.4 is 38.6 Å². The smallest absolute Gasteiger partial charge is 0.445 e. The number of carbonyl (C=O) groups excluding carboxylic acids is 2. The van der Waals surface area contributed by atoms with E-state index >= 15 is 0 Å². The van der Waals surface area contributed by atoms with Gasteiger partial charge in [0.05, 0.1) is 25.3 Å². The summed E-state index contributed by atoms with van der Waals surface area (Å²) in [7, 11) is -5.93. The van der Waals surface area contributed by atoms with Crippen molar-refractivity contribution < 1.29 is 64.1 Å². The van der Waals surface area contributed by atoms with Crippen molar-refractivity contribution in [1.29, 1.82) is 10.5 Å². The van der Waals surface area contributed by atoms with Crippen LogP contribution in [0.25, 0.3) is 10.1 Å². The van der Waals surface area contributed by atoms with E-state index in [0.717, 1.165) is 58.9 Å². The van der Waals surface area contributed by atoms with Crippen LogP contribution >= 0.6 is 18.9 Å². The molecular weight excluding hydrogens is 998 g/mol. The molecule has 1 heterocycles. The minimum atomic E-state index is -4.65. The van der Waals surface area contributed by atoms with Gasteiger partial charge in [0.2, 0.25) is 0 Å². The number of nitrogens with one attached hydrogen (secondary N) is 3. The lowest BCUT2D eigenvalue weighted by Crippen LogP contribution is -2.35. The third-order valence-electron chi connectivity index (χ3n) is 10.4. The standard InChI is InChI=1S/C49H49F2N6O12PS2/c1-63-39-11-5-34(6-12-39)31-66-48(58)54-19-3-21-57(22-4-20-55-49(59)67-32-35-7-13-40(64-2)14-8-35)23-24-65-41-17-18-46-38(25-41)26-47(71-46)72(61,62)56-33-70(60,68-42-15-9-36(29-52)44(50)27-42)69-43-16-10-37(30-53)45(51)28-43/h5-18,25-28,56H,3-4,19-24,31-33H2,1-2H3,(H,54,58)(H,55,59). The van der Waals surface area contributed by atoms with Crippen molar-refractivity contribution in [3.05, 3.63) is 143 Å². The molecule has 6 aromatic rings. The van der Waals surface area contributed by atoms with Crippen molar-refractivity contribution in [3.8, 4) is 40.9 Å². The number of sulfonamides is 1. The number of nitriles is 2. The first-order chi connectivity index (χ1) is 34.7. The summed E-state index contributed by atoms with van der Waals surface area (Å²) < 4.78 is 111. The molecule has 3 N–H and O–H groups in total. The summed E-state index contributed by atoms with van der Waals surface area (Å²) in [5.41, 5.74) is 0.938. The lowest BCUT2D eigenvalue weighted by atomic mass is 10.2. The zero-order valence-corrected chi connectivity index (χ0v) is 41.5. The number of carbonyl (C=O) groups is 2. The molecule has 0 saturated carbocycles. The zero-order chi connectivity index (χ0) is 51.5. The molecule has 0 fully saturated rings. The minimum absolute atomic E-state index is 0.0896. The van der Waals surface area contributed by atoms with Crippen LogP contribution in [0.3, 0.4) is 0 Å². The fourth-order valence-corrected chi connectivity index (χ4v) is 11.0. The molecule has 1 aromatic heterocycles. The van der Waals surface area contributed by atoms with Gasteiger partial charge in [-0.1, -0.05) is 24.3 Å². The van der Waals surface area contributed by atoms with Gasteiger partial charge in [-0.05, 0) is 115 Å². The summed E-state index contributed by atoms with van der Waals surface area (Å²) in [5, 5.41) is 24.3. The number of methoxy groups -OCH3 is 2. The molecule has 0 radical (unpaired) electrons. The Morgan fingerprint density at radius 1 is 0.667 bits per heavy atom. The summed E-state index contributed by atoms with van der Waals surface area (Å²) >= 11 is 0.912. The number of halogens is 2. The summed E-state index contributed by atoms with van der Waals surface area (Å²) in [6.45, 7) is 2.62. The average Bonchev–Trinajstić information content (AvgIpc) is 3.82. The van der Waals surface area contributed by atoms with Gasteiger partial charge in [0.15, 0.2) is 0 Å². The first-order valence-corrected chi connectivity index (χ1v) is 26.0. The number of ether oxygens (including phenoxy) is 5. The van der Waals surface area contributed by atoms with Gasteiger partial charge in [-0.15, -0.1) is 11.3 Å². The highest BCUT2D eigenvalue weighted by Gasteiger charge is 2.32. The van der Waals surface area contributed by atoms with Crippen LogP contribution in [0.4, 0.5) is 18.4 Å². The van der Waals surface area contributed by atoms with E-state index in [4.69, 9.17) is 43.3 Å². The number of hydrogen-bond acceptors (Lipinski definition) is 16. The Morgan fingerprint density at radius 3 is 1.62 bits per heavy atom. The van der Waals surface area contributed by atoms with Gasteiger partial charge in [0.1, 0.15) is 82.8 Å². The van der Waals surface area contributed by atoms with Gasteiger partial charge in [-0.2, -0.15) is 15.2 Å². The number of nitrogens with zero attached hydrogens (tertiary/aromatic N) is 3. The molecular formula is C49H49F2N6O12PS2. The second kappa shape index (κ2) is 26.1. The van der Waals surface area contributed by atoms with E-state index in [-0.39, 0.29) is 46.7 Å². The molecule has 0 aliphatic carbocycles. The van der Waals surface area contributed by atoms with Crippen molar-refractivity contribution in [3.63, 3.8) is 0 Å². The molecule has 0 aliphatic rings. The second-order valence-corrected chi connectivity index (χ2v) is 20.5. The van der Waals surface area contributed by atoms with Crippen molar-refractivity contribution >= 4 is 51.2 Å².